The van der Waals surface area contributed by atoms with Crippen LogP contribution in [0.3, 0.4) is 0 Å². The van der Waals surface area contributed by atoms with Gasteiger partial charge in [0.2, 0.25) is 5.91 Å². The molecule has 0 bridgehead atoms. The molecule has 2 aliphatic rings. The molecule has 0 spiro atoms. The van der Waals surface area contributed by atoms with Crippen molar-refractivity contribution in [1.82, 2.24) is 20.1 Å². The van der Waals surface area contributed by atoms with E-state index in [-0.39, 0.29) is 54.4 Å². The fourth-order valence-electron chi connectivity index (χ4n) is 4.67. The lowest BCUT2D eigenvalue weighted by Crippen LogP contribution is -2.43. The van der Waals surface area contributed by atoms with Gasteiger partial charge in [-0.1, -0.05) is 6.07 Å². The predicted molar refractivity (Wildman–Crippen MR) is 122 cm³/mol. The molecule has 1 aromatic carbocycles. The van der Waals surface area contributed by atoms with E-state index in [4.69, 9.17) is 0 Å². The molecule has 2 fully saturated rings. The van der Waals surface area contributed by atoms with Gasteiger partial charge in [0.25, 0.3) is 11.8 Å². The number of unbranched alkanes of at least 4 members (excludes halogenated alkanes) is 1. The first-order valence-electron chi connectivity index (χ1n) is 11.7. The number of nitrogens with one attached hydrogen (secondary N) is 1. The number of carbonyl (C=O) groups excluding carboxylic acids is 4. The highest BCUT2D eigenvalue weighted by Crippen LogP contribution is 2.31. The van der Waals surface area contributed by atoms with E-state index in [0.29, 0.717) is 25.8 Å². The van der Waals surface area contributed by atoms with Crippen LogP contribution in [0.1, 0.15) is 52.1 Å². The lowest BCUT2D eigenvalue weighted by Gasteiger charge is -2.24. The molecule has 8 nitrogen and oxygen atoms in total. The van der Waals surface area contributed by atoms with Gasteiger partial charge in [0.1, 0.15) is 11.7 Å². The zero-order chi connectivity index (χ0) is 25.9. The van der Waals surface area contributed by atoms with Crippen LogP contribution >= 0.6 is 0 Å². The minimum atomic E-state index is -4.47. The number of pyridine rings is 1. The minimum Gasteiger partial charge on any atom is -0.352 e. The smallest absolute Gasteiger partial charge is 0.352 e. The summed E-state index contributed by atoms with van der Waals surface area (Å²) in [6.45, 7) is 0.589. The van der Waals surface area contributed by atoms with Gasteiger partial charge < -0.3 is 15.1 Å². The first-order valence-corrected chi connectivity index (χ1v) is 11.7. The maximum Gasteiger partial charge on any atom is 0.416 e. The van der Waals surface area contributed by atoms with Crippen LogP contribution in [0.2, 0.25) is 0 Å². The largest absolute Gasteiger partial charge is 0.416 e. The van der Waals surface area contributed by atoms with Crippen molar-refractivity contribution in [2.24, 2.45) is 0 Å². The number of alkyl halides is 3. The van der Waals surface area contributed by atoms with Gasteiger partial charge in [-0.15, -0.1) is 0 Å². The zero-order valence-electron chi connectivity index (χ0n) is 19.3. The molecule has 2 saturated heterocycles. The molecule has 2 aromatic rings. The highest BCUT2D eigenvalue weighted by Gasteiger charge is 2.51. The molecule has 0 radical (unpaired) electrons. The van der Waals surface area contributed by atoms with Crippen molar-refractivity contribution in [3.8, 4) is 0 Å². The molecule has 0 aliphatic carbocycles. The van der Waals surface area contributed by atoms with Gasteiger partial charge in [0, 0.05) is 31.3 Å². The summed E-state index contributed by atoms with van der Waals surface area (Å²) in [6.07, 6.45) is -1.31. The molecule has 4 rings (SSSR count). The van der Waals surface area contributed by atoms with Crippen molar-refractivity contribution in [3.63, 3.8) is 0 Å². The summed E-state index contributed by atoms with van der Waals surface area (Å²) in [5.74, 6) is -1.17. The van der Waals surface area contributed by atoms with Gasteiger partial charge in [-0.3, -0.25) is 24.2 Å². The lowest BCUT2D eigenvalue weighted by molar-refractivity contribution is -0.137. The summed E-state index contributed by atoms with van der Waals surface area (Å²) < 4.78 is 37.9. The highest BCUT2D eigenvalue weighted by atomic mass is 19.4. The quantitative estimate of drug-likeness (QED) is 0.587. The third kappa shape index (κ3) is 5.39. The highest BCUT2D eigenvalue weighted by molar-refractivity contribution is 6.01. The number of amides is 3. The van der Waals surface area contributed by atoms with Crippen LogP contribution in [0.4, 0.5) is 13.2 Å². The van der Waals surface area contributed by atoms with E-state index in [1.807, 2.05) is 0 Å². The number of hydrogen-bond acceptors (Lipinski definition) is 5. The number of ketones is 1. The van der Waals surface area contributed by atoms with Gasteiger partial charge in [-0.05, 0) is 55.7 Å². The Balaban J connectivity index is 1.22. The third-order valence-corrected chi connectivity index (χ3v) is 6.47. The van der Waals surface area contributed by atoms with Crippen molar-refractivity contribution in [2.45, 2.75) is 43.9 Å². The van der Waals surface area contributed by atoms with Crippen LogP contribution in [0.5, 0.6) is 0 Å². The van der Waals surface area contributed by atoms with Crippen LogP contribution in [0, 0.1) is 0 Å². The zero-order valence-corrected chi connectivity index (χ0v) is 19.3. The van der Waals surface area contributed by atoms with Crippen LogP contribution < -0.4 is 5.32 Å². The van der Waals surface area contributed by atoms with Crippen LogP contribution in [0.25, 0.3) is 0 Å². The van der Waals surface area contributed by atoms with Crippen molar-refractivity contribution in [2.75, 3.05) is 19.6 Å². The van der Waals surface area contributed by atoms with Gasteiger partial charge in [0.15, 0.2) is 5.78 Å². The van der Waals surface area contributed by atoms with E-state index in [2.05, 4.69) is 10.3 Å². The molecule has 2 atom stereocenters. The first kappa shape index (κ1) is 25.3. The number of benzene rings is 1. The normalized spacial score (nSPS) is 19.4. The van der Waals surface area contributed by atoms with Crippen LogP contribution in [0.15, 0.2) is 48.7 Å². The molecule has 3 heterocycles. The summed E-state index contributed by atoms with van der Waals surface area (Å²) in [5.41, 5.74) is -0.451. The number of carbonyl (C=O) groups is 4. The minimum absolute atomic E-state index is 0.0511. The van der Waals surface area contributed by atoms with Gasteiger partial charge >= 0.3 is 6.18 Å². The lowest BCUT2D eigenvalue weighted by atomic mass is 10.1. The van der Waals surface area contributed by atoms with Crippen molar-refractivity contribution >= 4 is 23.5 Å². The summed E-state index contributed by atoms with van der Waals surface area (Å²) in [6, 6.07) is 7.92. The van der Waals surface area contributed by atoms with E-state index in [1.54, 1.807) is 23.1 Å². The Kier molecular flexibility index (Phi) is 7.37. The molecule has 190 valence electrons. The number of nitrogens with zero attached hydrogens (tertiary/aromatic N) is 3. The molecule has 2 aliphatic heterocycles. The second-order valence-corrected chi connectivity index (χ2v) is 8.79. The van der Waals surface area contributed by atoms with Crippen LogP contribution in [-0.4, -0.2) is 70.0 Å². The maximum atomic E-state index is 12.8. The van der Waals surface area contributed by atoms with Gasteiger partial charge in [-0.25, -0.2) is 0 Å². The Hall–Kier alpha value is -3.76. The van der Waals surface area contributed by atoms with Crippen molar-refractivity contribution in [1.29, 1.82) is 0 Å². The number of fused-ring (bicyclic) bond motifs is 1. The molecule has 11 heteroatoms. The van der Waals surface area contributed by atoms with E-state index < -0.39 is 23.7 Å². The topological polar surface area (TPSA) is 99.7 Å². The van der Waals surface area contributed by atoms with E-state index in [1.165, 1.54) is 11.1 Å². The summed E-state index contributed by atoms with van der Waals surface area (Å²) in [7, 11) is 0. The fourth-order valence-corrected chi connectivity index (χ4v) is 4.67. The van der Waals surface area contributed by atoms with E-state index in [0.717, 1.165) is 24.3 Å². The SMILES string of the molecule is O=C(NCCCCC(=O)N1CCC2C1C(=O)CN2C(=O)c1ccccn1)c1ccc(C(F)(F)F)cc1. The third-order valence-electron chi connectivity index (χ3n) is 6.47. The fraction of sp³-hybridized carbons (Fsp3) is 0.400. The van der Waals surface area contributed by atoms with E-state index in [9.17, 15) is 32.3 Å². The molecule has 0 saturated carbocycles. The molecular weight excluding hydrogens is 477 g/mol. The predicted octanol–water partition coefficient (Wildman–Crippen LogP) is 2.70. The standard InChI is InChI=1S/C25H25F3N4O4/c26-25(27,28)17-9-7-16(8-10-17)23(35)30-13-4-2-6-21(34)31-14-11-19-22(31)20(33)15-32(19)24(36)18-5-1-3-12-29-18/h1,3,5,7-10,12,19,22H,2,4,6,11,13-15H2,(H,30,35). The number of halogens is 3. The maximum absolute atomic E-state index is 12.8. The summed E-state index contributed by atoms with van der Waals surface area (Å²) in [4.78, 5) is 57.5. The monoisotopic (exact) mass is 502 g/mol. The molecule has 2 unspecified atom stereocenters. The molecule has 1 N–H and O–H groups in total. The molecule has 36 heavy (non-hydrogen) atoms. The average molecular weight is 502 g/mol. The Morgan fingerprint density at radius 2 is 1.78 bits per heavy atom. The number of aromatic nitrogens is 1. The Labute approximate surface area is 205 Å². The van der Waals surface area contributed by atoms with Crippen molar-refractivity contribution < 1.29 is 32.3 Å². The number of hydrogen-bond donors (Lipinski definition) is 1. The van der Waals surface area contributed by atoms with Gasteiger partial charge in [-0.2, -0.15) is 13.2 Å². The number of Topliss-reactive ketones (excluding diaryl/α,β-unsaturated/α-hetero) is 1. The first-order chi connectivity index (χ1) is 17.2. The number of likely N-dealkylation sites (tertiary alicyclic amines) is 2. The Morgan fingerprint density at radius 1 is 1.03 bits per heavy atom. The Bertz CT molecular complexity index is 1140. The second kappa shape index (κ2) is 10.5. The summed E-state index contributed by atoms with van der Waals surface area (Å²) in [5, 5.41) is 2.63. The second-order valence-electron chi connectivity index (χ2n) is 8.79. The molecule has 1 aromatic heterocycles. The molecular formula is C25H25F3N4O4. The average Bonchev–Trinajstić information content (AvgIpc) is 3.44. The van der Waals surface area contributed by atoms with Gasteiger partial charge in [0.05, 0.1) is 18.2 Å². The Morgan fingerprint density at radius 3 is 2.44 bits per heavy atom. The number of rotatable bonds is 7. The van der Waals surface area contributed by atoms with Crippen molar-refractivity contribution in [3.05, 3.63) is 65.5 Å². The molecule has 3 amide bonds. The summed E-state index contributed by atoms with van der Waals surface area (Å²) >= 11 is 0. The van der Waals surface area contributed by atoms with Crippen LogP contribution in [-0.2, 0) is 15.8 Å². The van der Waals surface area contributed by atoms with E-state index >= 15 is 0 Å².